The zero-order chi connectivity index (χ0) is 21.7. The second kappa shape index (κ2) is 10.2. The summed E-state index contributed by atoms with van der Waals surface area (Å²) >= 11 is 10.1. The van der Waals surface area contributed by atoms with Crippen LogP contribution in [0.2, 0.25) is 0 Å². The molecule has 0 atom stereocenters. The summed E-state index contributed by atoms with van der Waals surface area (Å²) in [5, 5.41) is 6.96. The van der Waals surface area contributed by atoms with Crippen molar-refractivity contribution in [2.24, 2.45) is 0 Å². The van der Waals surface area contributed by atoms with E-state index >= 15 is 0 Å². The maximum atomic E-state index is 12.9. The number of nitrogens with one attached hydrogen (secondary N) is 2. The van der Waals surface area contributed by atoms with E-state index in [1.54, 1.807) is 11.8 Å². The number of carbonyl (C=O) groups is 2. The molecule has 1 aromatic heterocycles. The molecule has 0 saturated heterocycles. The van der Waals surface area contributed by atoms with Crippen molar-refractivity contribution in [1.82, 2.24) is 4.90 Å². The number of thiophene rings is 1. The van der Waals surface area contributed by atoms with Gasteiger partial charge in [-0.25, -0.2) is 4.79 Å². The number of esters is 1. The largest absolute Gasteiger partial charge is 0.465 e. The van der Waals surface area contributed by atoms with Crippen molar-refractivity contribution in [3.8, 4) is 0 Å². The third-order valence-electron chi connectivity index (χ3n) is 4.42. The highest BCUT2D eigenvalue weighted by molar-refractivity contribution is 9.10. The van der Waals surface area contributed by atoms with Crippen LogP contribution < -0.4 is 10.6 Å². The van der Waals surface area contributed by atoms with E-state index in [9.17, 15) is 9.59 Å². The molecule has 0 saturated carbocycles. The van der Waals surface area contributed by atoms with Gasteiger partial charge >= 0.3 is 5.97 Å². The first kappa shape index (κ1) is 23.3. The summed E-state index contributed by atoms with van der Waals surface area (Å²) in [6.07, 6.45) is 0. The zero-order valence-corrected chi connectivity index (χ0v) is 20.2. The second-order valence-corrected chi connectivity index (χ2v) is 8.56. The van der Waals surface area contributed by atoms with Gasteiger partial charge in [0.25, 0.3) is 5.91 Å². The highest BCUT2D eigenvalue weighted by Gasteiger charge is 2.27. The zero-order valence-electron chi connectivity index (χ0n) is 17.0. The Hall–Kier alpha value is -1.97. The fraction of sp³-hybridized carbons (Fsp3) is 0.350. The molecule has 9 heteroatoms. The van der Waals surface area contributed by atoms with Crippen molar-refractivity contribution in [2.75, 3.05) is 30.8 Å². The van der Waals surface area contributed by atoms with Gasteiger partial charge in [-0.3, -0.25) is 4.79 Å². The smallest absolute Gasteiger partial charge is 0.341 e. The first-order valence-corrected chi connectivity index (χ1v) is 11.1. The van der Waals surface area contributed by atoms with Crippen LogP contribution >= 0.6 is 39.5 Å². The van der Waals surface area contributed by atoms with Crippen molar-refractivity contribution in [1.29, 1.82) is 0 Å². The van der Waals surface area contributed by atoms with E-state index in [1.165, 1.54) is 18.4 Å². The average molecular weight is 498 g/mol. The molecule has 0 radical (unpaired) electrons. The fourth-order valence-corrected chi connectivity index (χ4v) is 4.49. The Morgan fingerprint density at radius 3 is 2.41 bits per heavy atom. The van der Waals surface area contributed by atoms with Gasteiger partial charge in [-0.1, -0.05) is 15.9 Å². The molecule has 0 bridgehead atoms. The number of methoxy groups -OCH3 is 1. The first-order chi connectivity index (χ1) is 13.7. The van der Waals surface area contributed by atoms with E-state index in [2.05, 4.69) is 26.6 Å². The molecule has 1 heterocycles. The number of carbonyl (C=O) groups excluding carboxylic acids is 2. The van der Waals surface area contributed by atoms with Crippen molar-refractivity contribution in [3.63, 3.8) is 0 Å². The summed E-state index contributed by atoms with van der Waals surface area (Å²) in [5.74, 6) is -0.625. The Labute approximate surface area is 188 Å². The summed E-state index contributed by atoms with van der Waals surface area (Å²) in [5.41, 5.74) is 2.79. The van der Waals surface area contributed by atoms with Gasteiger partial charge in [-0.05, 0) is 69.2 Å². The Kier molecular flexibility index (Phi) is 8.18. The summed E-state index contributed by atoms with van der Waals surface area (Å²) in [6, 6.07) is 5.77. The lowest BCUT2D eigenvalue weighted by atomic mass is 10.1. The molecule has 0 aliphatic carbocycles. The third kappa shape index (κ3) is 5.34. The molecular formula is C20H24BrN3O3S2. The van der Waals surface area contributed by atoms with Crippen LogP contribution in [0.25, 0.3) is 0 Å². The lowest BCUT2D eigenvalue weighted by Gasteiger charge is -2.18. The maximum absolute atomic E-state index is 12.9. The van der Waals surface area contributed by atoms with E-state index in [0.29, 0.717) is 39.2 Å². The molecule has 0 aliphatic heterocycles. The minimum absolute atomic E-state index is 0.113. The molecule has 2 rings (SSSR count). The topological polar surface area (TPSA) is 70.7 Å². The molecule has 0 aliphatic rings. The molecule has 1 aromatic carbocycles. The number of thiocarbonyl (C=S) groups is 1. The van der Waals surface area contributed by atoms with Gasteiger partial charge in [0.2, 0.25) is 0 Å². The summed E-state index contributed by atoms with van der Waals surface area (Å²) in [4.78, 5) is 27.4. The van der Waals surface area contributed by atoms with Crippen LogP contribution in [0, 0.1) is 13.8 Å². The fourth-order valence-electron chi connectivity index (χ4n) is 2.80. The Morgan fingerprint density at radius 1 is 1.21 bits per heavy atom. The van der Waals surface area contributed by atoms with Gasteiger partial charge in [-0.2, -0.15) is 0 Å². The van der Waals surface area contributed by atoms with Crippen LogP contribution in [0.5, 0.6) is 0 Å². The van der Waals surface area contributed by atoms with Crippen LogP contribution in [0.1, 0.15) is 45.0 Å². The molecule has 0 unspecified atom stereocenters. The quantitative estimate of drug-likeness (QED) is 0.421. The van der Waals surface area contributed by atoms with Gasteiger partial charge in [0.15, 0.2) is 5.11 Å². The van der Waals surface area contributed by atoms with Crippen LogP contribution in [0.3, 0.4) is 0 Å². The number of nitrogens with zero attached hydrogens (tertiary/aromatic N) is 1. The molecule has 2 aromatic rings. The minimum Gasteiger partial charge on any atom is -0.465 e. The highest BCUT2D eigenvalue weighted by atomic mass is 79.9. The molecular weight excluding hydrogens is 474 g/mol. The Balaban J connectivity index is 2.33. The summed E-state index contributed by atoms with van der Waals surface area (Å²) < 4.78 is 5.93. The van der Waals surface area contributed by atoms with Crippen molar-refractivity contribution >= 4 is 67.2 Å². The van der Waals surface area contributed by atoms with E-state index in [-0.39, 0.29) is 5.91 Å². The van der Waals surface area contributed by atoms with E-state index in [1.807, 2.05) is 39.0 Å². The molecule has 0 fully saturated rings. The Morgan fingerprint density at radius 2 is 1.86 bits per heavy atom. The van der Waals surface area contributed by atoms with Gasteiger partial charge in [-0.15, -0.1) is 11.3 Å². The van der Waals surface area contributed by atoms with E-state index in [0.717, 1.165) is 15.7 Å². The first-order valence-electron chi connectivity index (χ1n) is 9.08. The van der Waals surface area contributed by atoms with Crippen molar-refractivity contribution in [2.45, 2.75) is 27.7 Å². The standard InChI is InChI=1S/C20H24BrN3O3S2/c1-6-24(7-2)18(25)16-12(4)15(19(26)27-5)17(29-16)23-20(28)22-13-8-9-14(21)11(3)10-13/h8-10H,6-7H2,1-5H3,(H2,22,23,28). The normalized spacial score (nSPS) is 10.4. The molecule has 1 amide bonds. The lowest BCUT2D eigenvalue weighted by Crippen LogP contribution is -2.30. The van der Waals surface area contributed by atoms with Crippen molar-refractivity contribution in [3.05, 3.63) is 44.2 Å². The van der Waals surface area contributed by atoms with Crippen LogP contribution in [-0.4, -0.2) is 42.1 Å². The van der Waals surface area contributed by atoms with Gasteiger partial charge in [0.05, 0.1) is 17.6 Å². The van der Waals surface area contributed by atoms with Gasteiger partial charge in [0, 0.05) is 23.2 Å². The summed E-state index contributed by atoms with van der Waals surface area (Å²) in [6.45, 7) is 8.75. The second-order valence-electron chi connectivity index (χ2n) is 6.27. The van der Waals surface area contributed by atoms with Gasteiger partial charge in [0.1, 0.15) is 5.00 Å². The van der Waals surface area contributed by atoms with Gasteiger partial charge < -0.3 is 20.3 Å². The predicted molar refractivity (Wildman–Crippen MR) is 126 cm³/mol. The van der Waals surface area contributed by atoms with Crippen LogP contribution in [0.4, 0.5) is 10.7 Å². The number of ether oxygens (including phenoxy) is 1. The molecule has 0 spiro atoms. The lowest BCUT2D eigenvalue weighted by molar-refractivity contribution is 0.0601. The van der Waals surface area contributed by atoms with Crippen molar-refractivity contribution < 1.29 is 14.3 Å². The van der Waals surface area contributed by atoms with E-state index < -0.39 is 5.97 Å². The average Bonchev–Trinajstić information content (AvgIpc) is 3.00. The number of rotatable bonds is 6. The Bertz CT molecular complexity index is 939. The number of hydrogen-bond donors (Lipinski definition) is 2. The molecule has 29 heavy (non-hydrogen) atoms. The maximum Gasteiger partial charge on any atom is 0.341 e. The minimum atomic E-state index is -0.512. The number of benzene rings is 1. The van der Waals surface area contributed by atoms with Crippen LogP contribution in [-0.2, 0) is 4.74 Å². The third-order valence-corrected chi connectivity index (χ3v) is 6.71. The van der Waals surface area contributed by atoms with E-state index in [4.69, 9.17) is 17.0 Å². The number of anilines is 2. The molecule has 156 valence electrons. The number of aryl methyl sites for hydroxylation is 1. The number of halogens is 1. The monoisotopic (exact) mass is 497 g/mol. The van der Waals surface area contributed by atoms with Crippen LogP contribution in [0.15, 0.2) is 22.7 Å². The number of amides is 1. The SMILES string of the molecule is CCN(CC)C(=O)c1sc(NC(=S)Nc2ccc(Br)c(C)c2)c(C(=O)OC)c1C. The highest BCUT2D eigenvalue weighted by Crippen LogP contribution is 2.34. The molecule has 6 nitrogen and oxygen atoms in total. The number of hydrogen-bond acceptors (Lipinski definition) is 5. The summed E-state index contributed by atoms with van der Waals surface area (Å²) in [7, 11) is 1.32. The molecule has 2 N–H and O–H groups in total. The predicted octanol–water partition coefficient (Wildman–Crippen LogP) is 5.20.